The van der Waals surface area contributed by atoms with Gasteiger partial charge in [-0.25, -0.2) is 4.99 Å². The SMILES string of the molecule is CCOc1ccc(/C=C2\SC(=Nc3cc(Cl)ccc3C)NC2=O)cc1OCC. The van der Waals surface area contributed by atoms with Gasteiger partial charge >= 0.3 is 0 Å². The summed E-state index contributed by atoms with van der Waals surface area (Å²) in [6.07, 6.45) is 1.81. The van der Waals surface area contributed by atoms with E-state index in [0.717, 1.165) is 16.8 Å². The quantitative estimate of drug-likeness (QED) is 0.646. The summed E-state index contributed by atoms with van der Waals surface area (Å²) < 4.78 is 11.2. The van der Waals surface area contributed by atoms with Crippen LogP contribution in [0.1, 0.15) is 25.0 Å². The summed E-state index contributed by atoms with van der Waals surface area (Å²) in [4.78, 5) is 17.4. The number of aliphatic imine (C=N–C) groups is 1. The monoisotopic (exact) mass is 416 g/mol. The van der Waals surface area contributed by atoms with Gasteiger partial charge in [-0.3, -0.25) is 4.79 Å². The van der Waals surface area contributed by atoms with E-state index in [1.807, 2.05) is 57.2 Å². The molecular formula is C21H21ClN2O3S. The molecule has 1 amide bonds. The molecule has 0 unspecified atom stereocenters. The Hall–Kier alpha value is -2.44. The van der Waals surface area contributed by atoms with Crippen LogP contribution in [0, 0.1) is 6.92 Å². The molecule has 1 aliphatic rings. The van der Waals surface area contributed by atoms with Crippen molar-refractivity contribution >= 4 is 46.2 Å². The lowest BCUT2D eigenvalue weighted by molar-refractivity contribution is -0.115. The first-order chi connectivity index (χ1) is 13.5. The van der Waals surface area contributed by atoms with E-state index in [2.05, 4.69) is 10.3 Å². The number of nitrogens with zero attached hydrogens (tertiary/aromatic N) is 1. The number of aryl methyl sites for hydroxylation is 1. The maximum Gasteiger partial charge on any atom is 0.264 e. The van der Waals surface area contributed by atoms with Gasteiger partial charge in [0, 0.05) is 5.02 Å². The van der Waals surface area contributed by atoms with Crippen LogP contribution in [0.15, 0.2) is 46.3 Å². The van der Waals surface area contributed by atoms with E-state index in [-0.39, 0.29) is 5.91 Å². The molecule has 5 nitrogen and oxygen atoms in total. The van der Waals surface area contributed by atoms with Crippen molar-refractivity contribution in [2.75, 3.05) is 13.2 Å². The molecular weight excluding hydrogens is 396 g/mol. The molecule has 1 saturated heterocycles. The third-order valence-electron chi connectivity index (χ3n) is 3.91. The molecule has 0 bridgehead atoms. The van der Waals surface area contributed by atoms with Gasteiger partial charge in [0.05, 0.1) is 23.8 Å². The van der Waals surface area contributed by atoms with Crippen LogP contribution in [0.5, 0.6) is 11.5 Å². The van der Waals surface area contributed by atoms with Crippen LogP contribution in [0.2, 0.25) is 5.02 Å². The molecule has 1 aliphatic heterocycles. The van der Waals surface area contributed by atoms with Gasteiger partial charge in [-0.1, -0.05) is 23.7 Å². The third-order valence-corrected chi connectivity index (χ3v) is 5.05. The van der Waals surface area contributed by atoms with Gasteiger partial charge in [0.25, 0.3) is 5.91 Å². The van der Waals surface area contributed by atoms with Gasteiger partial charge in [0.15, 0.2) is 16.7 Å². The van der Waals surface area contributed by atoms with Crippen LogP contribution in [-0.2, 0) is 4.79 Å². The number of nitrogens with one attached hydrogen (secondary N) is 1. The Kier molecular flexibility index (Phi) is 6.65. The van der Waals surface area contributed by atoms with E-state index in [1.165, 1.54) is 11.8 Å². The van der Waals surface area contributed by atoms with Crippen molar-refractivity contribution < 1.29 is 14.3 Å². The molecule has 0 aliphatic carbocycles. The molecule has 0 radical (unpaired) electrons. The van der Waals surface area contributed by atoms with Crippen LogP contribution < -0.4 is 14.8 Å². The average Bonchev–Trinajstić information content (AvgIpc) is 3.00. The number of carbonyl (C=O) groups is 1. The highest BCUT2D eigenvalue weighted by atomic mass is 35.5. The fraction of sp³-hybridized carbons (Fsp3) is 0.238. The second-order valence-corrected chi connectivity index (χ2v) is 7.45. The van der Waals surface area contributed by atoms with Crippen molar-refractivity contribution in [3.8, 4) is 11.5 Å². The normalized spacial score (nSPS) is 16.5. The molecule has 1 N–H and O–H groups in total. The first-order valence-electron chi connectivity index (χ1n) is 8.95. The number of halogens is 1. The zero-order valence-corrected chi connectivity index (χ0v) is 17.5. The third kappa shape index (κ3) is 4.88. The second-order valence-electron chi connectivity index (χ2n) is 5.98. The Labute approximate surface area is 173 Å². The number of hydrogen-bond acceptors (Lipinski definition) is 5. The van der Waals surface area contributed by atoms with Crippen molar-refractivity contribution in [3.63, 3.8) is 0 Å². The minimum Gasteiger partial charge on any atom is -0.490 e. The number of amides is 1. The predicted molar refractivity (Wildman–Crippen MR) is 116 cm³/mol. The number of hydrogen-bond donors (Lipinski definition) is 1. The highest BCUT2D eigenvalue weighted by Gasteiger charge is 2.24. The summed E-state index contributed by atoms with van der Waals surface area (Å²) in [5.41, 5.74) is 2.57. The fourth-order valence-electron chi connectivity index (χ4n) is 2.60. The van der Waals surface area contributed by atoms with Crippen LogP contribution in [-0.4, -0.2) is 24.3 Å². The van der Waals surface area contributed by atoms with Crippen molar-refractivity contribution in [2.45, 2.75) is 20.8 Å². The topological polar surface area (TPSA) is 59.9 Å². The number of thioether (sulfide) groups is 1. The second kappa shape index (κ2) is 9.17. The molecule has 146 valence electrons. The number of ether oxygens (including phenoxy) is 2. The van der Waals surface area contributed by atoms with Gasteiger partial charge in [-0.05, 0) is 74.0 Å². The van der Waals surface area contributed by atoms with E-state index in [4.69, 9.17) is 21.1 Å². The van der Waals surface area contributed by atoms with Gasteiger partial charge < -0.3 is 14.8 Å². The largest absolute Gasteiger partial charge is 0.490 e. The van der Waals surface area contributed by atoms with E-state index < -0.39 is 0 Å². The fourth-order valence-corrected chi connectivity index (χ4v) is 3.60. The van der Waals surface area contributed by atoms with Gasteiger partial charge in [0.1, 0.15) is 0 Å². The Morgan fingerprint density at radius 2 is 1.86 bits per heavy atom. The zero-order valence-electron chi connectivity index (χ0n) is 15.9. The minimum absolute atomic E-state index is 0.185. The van der Waals surface area contributed by atoms with E-state index in [0.29, 0.717) is 39.8 Å². The van der Waals surface area contributed by atoms with Crippen molar-refractivity contribution in [2.24, 2.45) is 4.99 Å². The molecule has 28 heavy (non-hydrogen) atoms. The molecule has 7 heteroatoms. The average molecular weight is 417 g/mol. The molecule has 0 atom stereocenters. The van der Waals surface area contributed by atoms with Crippen LogP contribution in [0.25, 0.3) is 6.08 Å². The van der Waals surface area contributed by atoms with Gasteiger partial charge in [0.2, 0.25) is 0 Å². The van der Waals surface area contributed by atoms with Crippen LogP contribution in [0.3, 0.4) is 0 Å². The molecule has 2 aromatic carbocycles. The Bertz CT molecular complexity index is 957. The van der Waals surface area contributed by atoms with Crippen molar-refractivity contribution in [1.29, 1.82) is 0 Å². The van der Waals surface area contributed by atoms with Gasteiger partial charge in [-0.15, -0.1) is 0 Å². The van der Waals surface area contributed by atoms with Crippen molar-refractivity contribution in [3.05, 3.63) is 57.5 Å². The first kappa shape index (κ1) is 20.3. The first-order valence-corrected chi connectivity index (χ1v) is 10.1. The molecule has 0 spiro atoms. The molecule has 1 heterocycles. The lowest BCUT2D eigenvalue weighted by Gasteiger charge is -2.11. The van der Waals surface area contributed by atoms with E-state index in [9.17, 15) is 4.79 Å². The summed E-state index contributed by atoms with van der Waals surface area (Å²) in [7, 11) is 0. The number of amidine groups is 1. The molecule has 3 rings (SSSR count). The predicted octanol–water partition coefficient (Wildman–Crippen LogP) is 5.34. The van der Waals surface area contributed by atoms with Crippen LogP contribution in [0.4, 0.5) is 5.69 Å². The summed E-state index contributed by atoms with van der Waals surface area (Å²) in [5, 5.41) is 3.93. The number of benzene rings is 2. The Morgan fingerprint density at radius 1 is 1.11 bits per heavy atom. The molecule has 0 aromatic heterocycles. The molecule has 0 saturated carbocycles. The maximum absolute atomic E-state index is 12.3. The van der Waals surface area contributed by atoms with Gasteiger partial charge in [-0.2, -0.15) is 0 Å². The highest BCUT2D eigenvalue weighted by Crippen LogP contribution is 2.33. The number of carbonyl (C=O) groups excluding carboxylic acids is 1. The minimum atomic E-state index is -0.185. The highest BCUT2D eigenvalue weighted by molar-refractivity contribution is 8.18. The number of rotatable bonds is 6. The smallest absolute Gasteiger partial charge is 0.264 e. The zero-order chi connectivity index (χ0) is 20.1. The molecule has 2 aromatic rings. The van der Waals surface area contributed by atoms with Crippen molar-refractivity contribution in [1.82, 2.24) is 5.32 Å². The lowest BCUT2D eigenvalue weighted by Crippen LogP contribution is -2.19. The van der Waals surface area contributed by atoms with Crippen LogP contribution >= 0.6 is 23.4 Å². The standard InChI is InChI=1S/C21H21ClN2O3S/c1-4-26-17-9-7-14(10-18(17)27-5-2)11-19-20(25)24-21(28-19)23-16-12-15(22)8-6-13(16)3/h6-12H,4-5H2,1-3H3,(H,23,24,25)/b19-11-. The Morgan fingerprint density at radius 3 is 2.61 bits per heavy atom. The summed E-state index contributed by atoms with van der Waals surface area (Å²) in [6, 6.07) is 11.1. The lowest BCUT2D eigenvalue weighted by atomic mass is 10.2. The summed E-state index contributed by atoms with van der Waals surface area (Å²) in [6.45, 7) is 6.88. The Balaban J connectivity index is 1.85. The summed E-state index contributed by atoms with van der Waals surface area (Å²) >= 11 is 7.34. The molecule has 1 fully saturated rings. The maximum atomic E-state index is 12.3. The summed E-state index contributed by atoms with van der Waals surface area (Å²) in [5.74, 6) is 1.16. The van der Waals surface area contributed by atoms with E-state index >= 15 is 0 Å². The van der Waals surface area contributed by atoms with E-state index in [1.54, 1.807) is 6.07 Å².